The third-order valence-corrected chi connectivity index (χ3v) is 7.79. The van der Waals surface area contributed by atoms with Crippen molar-refractivity contribution in [3.63, 3.8) is 0 Å². The van der Waals surface area contributed by atoms with E-state index in [4.69, 9.17) is 0 Å². The number of fused-ring (bicyclic) bond motifs is 1. The number of aryl methyl sites for hydroxylation is 1. The minimum absolute atomic E-state index is 0.0928. The van der Waals surface area contributed by atoms with Crippen LogP contribution >= 0.6 is 0 Å². The molecule has 2 N–H and O–H groups in total. The summed E-state index contributed by atoms with van der Waals surface area (Å²) < 4.78 is 44.0. The van der Waals surface area contributed by atoms with Crippen molar-refractivity contribution in [1.82, 2.24) is 14.5 Å². The second kappa shape index (κ2) is 9.29. The van der Waals surface area contributed by atoms with Crippen LogP contribution in [0.15, 0.2) is 54.6 Å². The molecule has 2 aromatic heterocycles. The zero-order chi connectivity index (χ0) is 27.4. The number of alkyl halides is 3. The van der Waals surface area contributed by atoms with E-state index in [-0.39, 0.29) is 17.1 Å². The first-order valence-electron chi connectivity index (χ1n) is 12.9. The van der Waals surface area contributed by atoms with Gasteiger partial charge in [-0.05, 0) is 73.9 Å². The first-order valence-corrected chi connectivity index (χ1v) is 12.9. The number of anilines is 1. The largest absolute Gasteiger partial charge is 0.573 e. The Balaban J connectivity index is 1.49. The lowest BCUT2D eigenvalue weighted by Gasteiger charge is -2.35. The third kappa shape index (κ3) is 5.03. The molecule has 0 unspecified atom stereocenters. The molecule has 4 aromatic rings. The van der Waals surface area contributed by atoms with Crippen LogP contribution in [0.2, 0.25) is 0 Å². The second-order valence-electron chi connectivity index (χ2n) is 10.5. The molecule has 0 aliphatic heterocycles. The van der Waals surface area contributed by atoms with Gasteiger partial charge in [0.2, 0.25) is 5.82 Å². The lowest BCUT2D eigenvalue weighted by Crippen LogP contribution is -2.36. The standard InChI is InChI=1S/C29H27F3N4O3/c1-17-4-2-5-19(14-17)23-15-22-24(36(23)16-18-8-10-21(11-9-18)39-29(30,31)32)25(34-26(33-22)27(37)38)35-28(12-13-28)20-6-3-7-20/h2,4-5,8-11,14-15,20H,3,6-7,12-13,16H2,1H3,(H,37,38)(H,33,34,35). The molecule has 39 heavy (non-hydrogen) atoms. The number of ether oxygens (including phenoxy) is 1. The summed E-state index contributed by atoms with van der Waals surface area (Å²) in [6, 6.07) is 15.5. The SMILES string of the molecule is Cc1cccc(-c2cc3nc(C(=O)O)nc(NC4(C5CCC5)CC4)c3n2Cc2ccc(OC(F)(F)F)cc2)c1. The fraction of sp³-hybridized carbons (Fsp3) is 0.345. The Hall–Kier alpha value is -4.08. The maximum Gasteiger partial charge on any atom is 0.573 e. The summed E-state index contributed by atoms with van der Waals surface area (Å²) in [7, 11) is 0. The molecule has 6 rings (SSSR count). The number of rotatable bonds is 8. The zero-order valence-electron chi connectivity index (χ0n) is 21.3. The van der Waals surface area contributed by atoms with Crippen molar-refractivity contribution < 1.29 is 27.8 Å². The number of aromatic nitrogens is 3. The van der Waals surface area contributed by atoms with Crippen LogP contribution in [0.3, 0.4) is 0 Å². The van der Waals surface area contributed by atoms with Crippen molar-refractivity contribution >= 4 is 22.8 Å². The molecule has 0 bridgehead atoms. The second-order valence-corrected chi connectivity index (χ2v) is 10.5. The molecule has 2 aromatic carbocycles. The molecule has 0 saturated heterocycles. The molecule has 2 heterocycles. The molecule has 10 heteroatoms. The first kappa shape index (κ1) is 25.2. The van der Waals surface area contributed by atoms with Crippen LogP contribution in [-0.2, 0) is 6.54 Å². The molecule has 2 aliphatic rings. The number of benzene rings is 2. The predicted octanol–water partition coefficient (Wildman–Crippen LogP) is 6.80. The highest BCUT2D eigenvalue weighted by Gasteiger charge is 2.51. The minimum atomic E-state index is -4.77. The Morgan fingerprint density at radius 3 is 2.46 bits per heavy atom. The number of nitrogens with zero attached hydrogens (tertiary/aromatic N) is 3. The highest BCUT2D eigenvalue weighted by atomic mass is 19.4. The summed E-state index contributed by atoms with van der Waals surface area (Å²) in [5, 5.41) is 13.4. The minimum Gasteiger partial charge on any atom is -0.475 e. The van der Waals surface area contributed by atoms with E-state index >= 15 is 0 Å². The van der Waals surface area contributed by atoms with Gasteiger partial charge in [0.1, 0.15) is 11.3 Å². The van der Waals surface area contributed by atoms with Crippen molar-refractivity contribution in [1.29, 1.82) is 0 Å². The Labute approximate surface area is 222 Å². The lowest BCUT2D eigenvalue weighted by molar-refractivity contribution is -0.274. The molecule has 2 saturated carbocycles. The highest BCUT2D eigenvalue weighted by molar-refractivity contribution is 5.95. The van der Waals surface area contributed by atoms with Crippen LogP contribution in [0.1, 0.15) is 53.8 Å². The predicted molar refractivity (Wildman–Crippen MR) is 140 cm³/mol. The van der Waals surface area contributed by atoms with E-state index in [1.807, 2.05) is 41.8 Å². The topological polar surface area (TPSA) is 89.3 Å². The quantitative estimate of drug-likeness (QED) is 0.258. The number of carbonyl (C=O) groups is 1. The van der Waals surface area contributed by atoms with E-state index in [2.05, 4.69) is 20.0 Å². The summed E-state index contributed by atoms with van der Waals surface area (Å²) in [4.78, 5) is 20.8. The maximum atomic E-state index is 12.7. The van der Waals surface area contributed by atoms with Crippen LogP contribution in [-0.4, -0.2) is 37.5 Å². The van der Waals surface area contributed by atoms with Gasteiger partial charge in [0, 0.05) is 12.1 Å². The van der Waals surface area contributed by atoms with E-state index in [1.54, 1.807) is 12.1 Å². The van der Waals surface area contributed by atoms with Crippen LogP contribution in [0.25, 0.3) is 22.3 Å². The van der Waals surface area contributed by atoms with Crippen LogP contribution in [0.5, 0.6) is 5.75 Å². The van der Waals surface area contributed by atoms with E-state index in [1.165, 1.54) is 18.6 Å². The van der Waals surface area contributed by atoms with Gasteiger partial charge in [0.15, 0.2) is 5.82 Å². The Morgan fingerprint density at radius 2 is 1.87 bits per heavy atom. The molecule has 202 valence electrons. The summed E-state index contributed by atoms with van der Waals surface area (Å²) in [6.45, 7) is 2.29. The smallest absolute Gasteiger partial charge is 0.475 e. The molecule has 7 nitrogen and oxygen atoms in total. The average Bonchev–Trinajstić information content (AvgIpc) is 3.49. The third-order valence-electron chi connectivity index (χ3n) is 7.79. The van der Waals surface area contributed by atoms with Gasteiger partial charge in [0.05, 0.1) is 11.2 Å². The van der Waals surface area contributed by atoms with Crippen LogP contribution < -0.4 is 10.1 Å². The number of aromatic carboxylic acids is 1. The van der Waals surface area contributed by atoms with Gasteiger partial charge in [-0.2, -0.15) is 0 Å². The normalized spacial score (nSPS) is 16.6. The molecular weight excluding hydrogens is 509 g/mol. The average molecular weight is 537 g/mol. The number of nitrogens with one attached hydrogen (secondary N) is 1. The van der Waals surface area contributed by atoms with E-state index < -0.39 is 12.3 Å². The fourth-order valence-electron chi connectivity index (χ4n) is 5.50. The number of hydrogen-bond donors (Lipinski definition) is 2. The van der Waals surface area contributed by atoms with Crippen molar-refractivity contribution in [2.45, 2.75) is 57.5 Å². The van der Waals surface area contributed by atoms with Crippen molar-refractivity contribution in [2.75, 3.05) is 5.32 Å². The van der Waals surface area contributed by atoms with Crippen molar-refractivity contribution in [3.05, 3.63) is 71.5 Å². The summed E-state index contributed by atoms with van der Waals surface area (Å²) in [6.07, 6.45) is 0.685. The molecule has 2 aliphatic carbocycles. The van der Waals surface area contributed by atoms with Gasteiger partial charge in [-0.3, -0.25) is 0 Å². The van der Waals surface area contributed by atoms with Gasteiger partial charge in [-0.25, -0.2) is 14.8 Å². The fourth-order valence-corrected chi connectivity index (χ4v) is 5.50. The molecule has 0 spiro atoms. The number of halogens is 3. The maximum absolute atomic E-state index is 12.7. The highest BCUT2D eigenvalue weighted by Crippen LogP contribution is 2.53. The Bertz CT molecular complexity index is 1550. The van der Waals surface area contributed by atoms with Gasteiger partial charge >= 0.3 is 12.3 Å². The summed E-state index contributed by atoms with van der Waals surface area (Å²) in [5.74, 6) is -0.792. The first-order chi connectivity index (χ1) is 18.6. The van der Waals surface area contributed by atoms with Crippen molar-refractivity contribution in [3.8, 4) is 17.0 Å². The summed E-state index contributed by atoms with van der Waals surface area (Å²) in [5.41, 5.74) is 4.57. The monoisotopic (exact) mass is 536 g/mol. The molecule has 0 radical (unpaired) electrons. The van der Waals surface area contributed by atoms with Gasteiger partial charge in [-0.15, -0.1) is 13.2 Å². The molecular formula is C29H27F3N4O3. The van der Waals surface area contributed by atoms with Crippen molar-refractivity contribution in [2.24, 2.45) is 5.92 Å². The molecule has 2 fully saturated rings. The Kier molecular flexibility index (Phi) is 6.00. The van der Waals surface area contributed by atoms with Crippen LogP contribution in [0.4, 0.5) is 19.0 Å². The van der Waals surface area contributed by atoms with Crippen LogP contribution in [0, 0.1) is 12.8 Å². The molecule has 0 atom stereocenters. The van der Waals surface area contributed by atoms with Gasteiger partial charge < -0.3 is 19.7 Å². The summed E-state index contributed by atoms with van der Waals surface area (Å²) >= 11 is 0. The Morgan fingerprint density at radius 1 is 1.13 bits per heavy atom. The van der Waals surface area contributed by atoms with Gasteiger partial charge in [-0.1, -0.05) is 42.3 Å². The number of carboxylic acid groups (broad SMARTS) is 1. The van der Waals surface area contributed by atoms with E-state index in [9.17, 15) is 23.1 Å². The van der Waals surface area contributed by atoms with E-state index in [0.29, 0.717) is 29.3 Å². The van der Waals surface area contributed by atoms with Gasteiger partial charge in [0.25, 0.3) is 0 Å². The lowest BCUT2D eigenvalue weighted by atomic mass is 9.78. The molecule has 0 amide bonds. The number of carboxylic acids is 1. The zero-order valence-corrected chi connectivity index (χ0v) is 21.3. The number of hydrogen-bond acceptors (Lipinski definition) is 5. The van der Waals surface area contributed by atoms with E-state index in [0.717, 1.165) is 48.1 Å².